The summed E-state index contributed by atoms with van der Waals surface area (Å²) in [5.74, 6) is 0. The van der Waals surface area contributed by atoms with Gasteiger partial charge in [0.1, 0.15) is 0 Å². The van der Waals surface area contributed by atoms with E-state index in [0.29, 0.717) is 5.11 Å². The van der Waals surface area contributed by atoms with Crippen molar-refractivity contribution in [2.75, 3.05) is 13.1 Å². The zero-order valence-corrected chi connectivity index (χ0v) is 8.91. The van der Waals surface area contributed by atoms with E-state index in [1.54, 1.807) is 0 Å². The predicted octanol–water partition coefficient (Wildman–Crippen LogP) is 2.07. The Bertz CT molecular complexity index is 115. The average molecular weight is 187 g/mol. The van der Waals surface area contributed by atoms with E-state index in [-0.39, 0.29) is 0 Å². The third kappa shape index (κ3) is 7.79. The highest BCUT2D eigenvalue weighted by molar-refractivity contribution is 7.80. The molecule has 0 saturated heterocycles. The van der Waals surface area contributed by atoms with E-state index in [1.165, 1.54) is 25.7 Å². The number of hydrogen-bond donors (Lipinski definition) is 1. The monoisotopic (exact) mass is 187 g/mol. The number of unbranched alkanes of at least 4 members (excludes halogenated alkanes) is 3. The molecule has 1 radical (unpaired) electrons. The van der Waals surface area contributed by atoms with Crippen LogP contribution >= 0.6 is 12.2 Å². The van der Waals surface area contributed by atoms with Gasteiger partial charge in [0.05, 0.1) is 0 Å². The number of thiocarbonyl (C=S) groups is 1. The summed E-state index contributed by atoms with van der Waals surface area (Å²) in [4.78, 5) is 0. The van der Waals surface area contributed by atoms with E-state index in [0.717, 1.165) is 13.1 Å². The lowest BCUT2D eigenvalue weighted by Crippen LogP contribution is -2.30. The zero-order chi connectivity index (χ0) is 9.23. The molecule has 12 heavy (non-hydrogen) atoms. The molecule has 0 aliphatic heterocycles. The second kappa shape index (κ2) is 8.78. The summed E-state index contributed by atoms with van der Waals surface area (Å²) in [5, 5.41) is 7.87. The molecule has 0 aliphatic rings. The molecule has 0 unspecified atom stereocenters. The van der Waals surface area contributed by atoms with Crippen molar-refractivity contribution in [3.63, 3.8) is 0 Å². The lowest BCUT2D eigenvalue weighted by Gasteiger charge is -2.04. The van der Waals surface area contributed by atoms with E-state index in [9.17, 15) is 0 Å². The molecule has 0 atom stereocenters. The van der Waals surface area contributed by atoms with Gasteiger partial charge in [-0.1, -0.05) is 26.2 Å². The Morgan fingerprint density at radius 2 is 2.00 bits per heavy atom. The fraction of sp³-hybridized carbons (Fsp3) is 0.889. The number of nitrogens with zero attached hydrogens (tertiary/aromatic N) is 1. The molecule has 0 bridgehead atoms. The standard InChI is InChI=1S/C9H19N2S/c1-3-5-6-7-8-11-9(12)10-4-2/h3-8H2,1-2H3,(H,10,12). The van der Waals surface area contributed by atoms with Crippen molar-refractivity contribution in [3.8, 4) is 0 Å². The molecule has 3 heteroatoms. The Morgan fingerprint density at radius 1 is 1.25 bits per heavy atom. The first-order chi connectivity index (χ1) is 5.81. The van der Waals surface area contributed by atoms with Gasteiger partial charge in [0.15, 0.2) is 5.11 Å². The van der Waals surface area contributed by atoms with Gasteiger partial charge >= 0.3 is 0 Å². The minimum Gasteiger partial charge on any atom is -0.361 e. The molecular formula is C9H19N2S. The van der Waals surface area contributed by atoms with E-state index >= 15 is 0 Å². The van der Waals surface area contributed by atoms with Crippen LogP contribution < -0.4 is 10.6 Å². The van der Waals surface area contributed by atoms with Crippen LogP contribution in [0.5, 0.6) is 0 Å². The molecule has 0 spiro atoms. The minimum absolute atomic E-state index is 0.661. The topological polar surface area (TPSA) is 26.1 Å². The summed E-state index contributed by atoms with van der Waals surface area (Å²) < 4.78 is 0. The summed E-state index contributed by atoms with van der Waals surface area (Å²) in [6, 6.07) is 0. The molecule has 0 aromatic carbocycles. The minimum atomic E-state index is 0.661. The van der Waals surface area contributed by atoms with E-state index in [1.807, 2.05) is 6.92 Å². The van der Waals surface area contributed by atoms with Crippen LogP contribution in [0.3, 0.4) is 0 Å². The van der Waals surface area contributed by atoms with Crippen LogP contribution in [0.4, 0.5) is 0 Å². The number of rotatable bonds is 6. The van der Waals surface area contributed by atoms with Crippen LogP contribution in [0, 0.1) is 0 Å². The first-order valence-corrected chi connectivity index (χ1v) is 5.17. The highest BCUT2D eigenvalue weighted by Gasteiger charge is 1.93. The van der Waals surface area contributed by atoms with Crippen molar-refractivity contribution in [2.24, 2.45) is 0 Å². The molecule has 0 aliphatic carbocycles. The summed E-state index contributed by atoms with van der Waals surface area (Å²) in [5.41, 5.74) is 0. The Morgan fingerprint density at radius 3 is 2.58 bits per heavy atom. The highest BCUT2D eigenvalue weighted by Crippen LogP contribution is 1.97. The molecule has 0 aromatic rings. The molecule has 0 aromatic heterocycles. The molecule has 0 amide bonds. The molecule has 0 fully saturated rings. The maximum Gasteiger partial charge on any atom is 0.188 e. The van der Waals surface area contributed by atoms with Gasteiger partial charge in [0.25, 0.3) is 0 Å². The van der Waals surface area contributed by atoms with Gasteiger partial charge in [-0.05, 0) is 25.6 Å². The van der Waals surface area contributed by atoms with E-state index in [4.69, 9.17) is 12.2 Å². The normalized spacial score (nSPS) is 9.50. The van der Waals surface area contributed by atoms with Crippen LogP contribution in [0.2, 0.25) is 0 Å². The predicted molar refractivity (Wildman–Crippen MR) is 57.4 cm³/mol. The Balaban J connectivity index is 3.03. The Hall–Kier alpha value is -0.310. The molecule has 2 nitrogen and oxygen atoms in total. The molecule has 0 rings (SSSR count). The van der Waals surface area contributed by atoms with Crippen LogP contribution in [-0.2, 0) is 0 Å². The number of hydrogen-bond acceptors (Lipinski definition) is 1. The van der Waals surface area contributed by atoms with Gasteiger partial charge in [-0.2, -0.15) is 0 Å². The second-order valence-corrected chi connectivity index (χ2v) is 3.16. The maximum absolute atomic E-state index is 4.95. The lowest BCUT2D eigenvalue weighted by molar-refractivity contribution is 0.648. The summed E-state index contributed by atoms with van der Waals surface area (Å²) in [6.45, 7) is 5.99. The third-order valence-corrected chi connectivity index (χ3v) is 1.87. The van der Waals surface area contributed by atoms with Crippen molar-refractivity contribution < 1.29 is 0 Å². The smallest absolute Gasteiger partial charge is 0.188 e. The molecule has 0 heterocycles. The highest BCUT2D eigenvalue weighted by atomic mass is 32.1. The van der Waals surface area contributed by atoms with Gasteiger partial charge in [-0.15, -0.1) is 0 Å². The van der Waals surface area contributed by atoms with Crippen LogP contribution in [-0.4, -0.2) is 18.2 Å². The summed E-state index contributed by atoms with van der Waals surface area (Å²) in [7, 11) is 0. The molecular weight excluding hydrogens is 168 g/mol. The summed E-state index contributed by atoms with van der Waals surface area (Å²) in [6.07, 6.45) is 5.02. The zero-order valence-electron chi connectivity index (χ0n) is 8.10. The van der Waals surface area contributed by atoms with Gasteiger partial charge in [0, 0.05) is 13.1 Å². The molecule has 0 saturated carbocycles. The van der Waals surface area contributed by atoms with Crippen molar-refractivity contribution in [3.05, 3.63) is 0 Å². The maximum atomic E-state index is 4.95. The van der Waals surface area contributed by atoms with Gasteiger partial charge in [-0.25, -0.2) is 0 Å². The van der Waals surface area contributed by atoms with Gasteiger partial charge in [-0.3, -0.25) is 5.32 Å². The molecule has 1 N–H and O–H groups in total. The van der Waals surface area contributed by atoms with Gasteiger partial charge in [0.2, 0.25) is 0 Å². The summed E-state index contributed by atoms with van der Waals surface area (Å²) >= 11 is 4.95. The van der Waals surface area contributed by atoms with Crippen molar-refractivity contribution in [1.29, 1.82) is 0 Å². The Kier molecular flexibility index (Phi) is 8.56. The van der Waals surface area contributed by atoms with E-state index in [2.05, 4.69) is 17.6 Å². The molecule has 71 valence electrons. The number of nitrogens with one attached hydrogen (secondary N) is 1. The SMILES string of the molecule is CCCCCC[N]C(=S)NCC. The van der Waals surface area contributed by atoms with Gasteiger partial charge < -0.3 is 5.32 Å². The second-order valence-electron chi connectivity index (χ2n) is 2.78. The first-order valence-electron chi connectivity index (χ1n) is 4.76. The largest absolute Gasteiger partial charge is 0.361 e. The van der Waals surface area contributed by atoms with E-state index < -0.39 is 0 Å². The lowest BCUT2D eigenvalue weighted by atomic mass is 10.2. The Labute approximate surface area is 81.1 Å². The first kappa shape index (κ1) is 11.7. The fourth-order valence-electron chi connectivity index (χ4n) is 0.926. The van der Waals surface area contributed by atoms with Crippen molar-refractivity contribution in [2.45, 2.75) is 39.5 Å². The van der Waals surface area contributed by atoms with Crippen molar-refractivity contribution >= 4 is 17.3 Å². The van der Waals surface area contributed by atoms with Crippen LogP contribution in [0.25, 0.3) is 0 Å². The fourth-order valence-corrected chi connectivity index (χ4v) is 1.16. The van der Waals surface area contributed by atoms with Crippen molar-refractivity contribution in [1.82, 2.24) is 10.6 Å². The average Bonchev–Trinajstić information content (AvgIpc) is 2.05. The quantitative estimate of drug-likeness (QED) is 0.509. The van der Waals surface area contributed by atoms with Crippen LogP contribution in [0.1, 0.15) is 39.5 Å². The third-order valence-electron chi connectivity index (χ3n) is 1.60. The van der Waals surface area contributed by atoms with Crippen LogP contribution in [0.15, 0.2) is 0 Å².